The van der Waals surface area contributed by atoms with Crippen molar-refractivity contribution in [1.82, 2.24) is 10.6 Å². The molecule has 136 valence electrons. The quantitative estimate of drug-likeness (QED) is 0.663. The Balaban J connectivity index is 1.65. The van der Waals surface area contributed by atoms with Crippen LogP contribution in [0.15, 0.2) is 36.4 Å². The molecular formula is C20H22N2O4. The average Bonchev–Trinajstić information content (AvgIpc) is 3.37. The van der Waals surface area contributed by atoms with Crippen molar-refractivity contribution < 1.29 is 19.8 Å². The second-order valence-corrected chi connectivity index (χ2v) is 6.86. The van der Waals surface area contributed by atoms with Crippen LogP contribution in [0.3, 0.4) is 0 Å². The number of carbonyl (C=O) groups is 2. The predicted molar refractivity (Wildman–Crippen MR) is 97.5 cm³/mol. The average molecular weight is 354 g/mol. The van der Waals surface area contributed by atoms with Crippen molar-refractivity contribution in [2.75, 3.05) is 6.54 Å². The lowest BCUT2D eigenvalue weighted by Gasteiger charge is -2.19. The summed E-state index contributed by atoms with van der Waals surface area (Å²) < 4.78 is 0. The maximum atomic E-state index is 12.5. The highest BCUT2D eigenvalue weighted by atomic mass is 16.3. The Morgan fingerprint density at radius 1 is 0.923 bits per heavy atom. The molecule has 1 aliphatic rings. The number of amides is 2. The molecule has 2 aromatic rings. The van der Waals surface area contributed by atoms with E-state index in [2.05, 4.69) is 10.6 Å². The SMILES string of the molecule is Cc1cccc(C(=O)NCC2(NC(=O)c3cccc(C)c3O)CC2)c1O. The summed E-state index contributed by atoms with van der Waals surface area (Å²) in [7, 11) is 0. The number of phenols is 2. The van der Waals surface area contributed by atoms with Gasteiger partial charge in [0.1, 0.15) is 11.5 Å². The Kier molecular flexibility index (Phi) is 4.59. The summed E-state index contributed by atoms with van der Waals surface area (Å²) in [5, 5.41) is 25.7. The molecule has 0 saturated heterocycles. The number of phenolic OH excluding ortho intramolecular Hbond substituents is 2. The number of para-hydroxylation sites is 2. The van der Waals surface area contributed by atoms with Crippen LogP contribution in [-0.4, -0.2) is 34.1 Å². The van der Waals surface area contributed by atoms with E-state index in [9.17, 15) is 19.8 Å². The van der Waals surface area contributed by atoms with E-state index in [1.54, 1.807) is 50.2 Å². The summed E-state index contributed by atoms with van der Waals surface area (Å²) in [5.74, 6) is -0.820. The molecule has 0 aliphatic heterocycles. The fourth-order valence-electron chi connectivity index (χ4n) is 2.83. The highest BCUT2D eigenvalue weighted by Gasteiger charge is 2.44. The summed E-state index contributed by atoms with van der Waals surface area (Å²) in [5.41, 5.74) is 1.18. The molecule has 2 aromatic carbocycles. The van der Waals surface area contributed by atoms with Gasteiger partial charge in [0, 0.05) is 6.54 Å². The van der Waals surface area contributed by atoms with E-state index in [0.29, 0.717) is 11.1 Å². The molecule has 4 N–H and O–H groups in total. The molecular weight excluding hydrogens is 332 g/mol. The van der Waals surface area contributed by atoms with Crippen LogP contribution in [0.25, 0.3) is 0 Å². The van der Waals surface area contributed by atoms with Gasteiger partial charge < -0.3 is 20.8 Å². The number of hydrogen-bond acceptors (Lipinski definition) is 4. The molecule has 26 heavy (non-hydrogen) atoms. The third kappa shape index (κ3) is 3.49. The van der Waals surface area contributed by atoms with Crippen LogP contribution in [-0.2, 0) is 0 Å². The van der Waals surface area contributed by atoms with E-state index in [0.717, 1.165) is 12.8 Å². The molecule has 3 rings (SSSR count). The van der Waals surface area contributed by atoms with Gasteiger partial charge in [0.2, 0.25) is 0 Å². The number of aryl methyl sites for hydroxylation is 2. The summed E-state index contributed by atoms with van der Waals surface area (Å²) >= 11 is 0. The molecule has 0 unspecified atom stereocenters. The number of rotatable bonds is 5. The van der Waals surface area contributed by atoms with Crippen molar-refractivity contribution >= 4 is 11.8 Å². The van der Waals surface area contributed by atoms with Gasteiger partial charge in [-0.05, 0) is 49.9 Å². The standard InChI is InChI=1S/C20H22N2O4/c1-12-5-3-7-14(16(12)23)18(25)21-11-20(9-10-20)22-19(26)15-8-4-6-13(2)17(15)24/h3-8,23-24H,9-11H2,1-2H3,(H,21,25)(H,22,26). The van der Waals surface area contributed by atoms with E-state index in [1.165, 1.54) is 0 Å². The summed E-state index contributed by atoms with van der Waals surface area (Å²) in [6.45, 7) is 3.72. The molecule has 1 fully saturated rings. The fourth-order valence-corrected chi connectivity index (χ4v) is 2.83. The molecule has 0 atom stereocenters. The topological polar surface area (TPSA) is 98.7 Å². The van der Waals surface area contributed by atoms with E-state index < -0.39 is 5.54 Å². The van der Waals surface area contributed by atoms with Gasteiger partial charge >= 0.3 is 0 Å². The zero-order valence-corrected chi connectivity index (χ0v) is 14.8. The molecule has 0 radical (unpaired) electrons. The Hall–Kier alpha value is -3.02. The molecule has 1 aliphatic carbocycles. The molecule has 6 nitrogen and oxygen atoms in total. The largest absolute Gasteiger partial charge is 0.507 e. The van der Waals surface area contributed by atoms with Crippen molar-refractivity contribution in [1.29, 1.82) is 0 Å². The Morgan fingerprint density at radius 2 is 1.42 bits per heavy atom. The zero-order valence-electron chi connectivity index (χ0n) is 14.8. The van der Waals surface area contributed by atoms with Gasteiger partial charge in [0.25, 0.3) is 11.8 Å². The lowest BCUT2D eigenvalue weighted by atomic mass is 10.1. The lowest BCUT2D eigenvalue weighted by molar-refractivity contribution is 0.0899. The molecule has 2 amide bonds. The van der Waals surface area contributed by atoms with Gasteiger partial charge in [-0.1, -0.05) is 24.3 Å². The minimum absolute atomic E-state index is 0.0329. The molecule has 6 heteroatoms. The first-order valence-electron chi connectivity index (χ1n) is 8.51. The maximum absolute atomic E-state index is 12.5. The number of benzene rings is 2. The Labute approximate surface area is 151 Å². The molecule has 0 aromatic heterocycles. The van der Waals surface area contributed by atoms with E-state index in [4.69, 9.17) is 0 Å². The molecule has 1 saturated carbocycles. The first kappa shape index (κ1) is 17.8. The molecule has 0 heterocycles. The van der Waals surface area contributed by atoms with Crippen molar-refractivity contribution in [3.05, 3.63) is 58.7 Å². The van der Waals surface area contributed by atoms with Gasteiger partial charge in [0.05, 0.1) is 16.7 Å². The van der Waals surface area contributed by atoms with Crippen LogP contribution in [0.2, 0.25) is 0 Å². The van der Waals surface area contributed by atoms with Crippen LogP contribution >= 0.6 is 0 Å². The summed E-state index contributed by atoms with van der Waals surface area (Å²) in [4.78, 5) is 24.8. The molecule has 0 bridgehead atoms. The van der Waals surface area contributed by atoms with Crippen molar-refractivity contribution in [2.45, 2.75) is 32.2 Å². The highest BCUT2D eigenvalue weighted by molar-refractivity contribution is 5.99. The van der Waals surface area contributed by atoms with Gasteiger partial charge in [0.15, 0.2) is 0 Å². The smallest absolute Gasteiger partial charge is 0.255 e. The van der Waals surface area contributed by atoms with E-state index in [1.807, 2.05) is 0 Å². The Bertz CT molecular complexity index is 872. The number of nitrogens with one attached hydrogen (secondary N) is 2. The maximum Gasteiger partial charge on any atom is 0.255 e. The van der Waals surface area contributed by atoms with Crippen LogP contribution < -0.4 is 10.6 Å². The van der Waals surface area contributed by atoms with Crippen LogP contribution in [0.5, 0.6) is 11.5 Å². The third-order valence-electron chi connectivity index (χ3n) is 4.78. The van der Waals surface area contributed by atoms with Crippen LogP contribution in [0.1, 0.15) is 44.7 Å². The fraction of sp³-hybridized carbons (Fsp3) is 0.300. The van der Waals surface area contributed by atoms with Crippen LogP contribution in [0.4, 0.5) is 0 Å². The van der Waals surface area contributed by atoms with Crippen molar-refractivity contribution in [3.8, 4) is 11.5 Å². The van der Waals surface area contributed by atoms with E-state index in [-0.39, 0.29) is 41.0 Å². The van der Waals surface area contributed by atoms with Gasteiger partial charge in [-0.3, -0.25) is 9.59 Å². The monoisotopic (exact) mass is 354 g/mol. The third-order valence-corrected chi connectivity index (χ3v) is 4.78. The lowest BCUT2D eigenvalue weighted by Crippen LogP contribution is -2.45. The number of hydrogen-bond donors (Lipinski definition) is 4. The van der Waals surface area contributed by atoms with Crippen molar-refractivity contribution in [2.24, 2.45) is 0 Å². The number of carbonyl (C=O) groups excluding carboxylic acids is 2. The normalized spacial score (nSPS) is 14.5. The van der Waals surface area contributed by atoms with Crippen molar-refractivity contribution in [3.63, 3.8) is 0 Å². The summed E-state index contributed by atoms with van der Waals surface area (Å²) in [6, 6.07) is 10.00. The van der Waals surface area contributed by atoms with Crippen LogP contribution in [0, 0.1) is 13.8 Å². The number of aromatic hydroxyl groups is 2. The zero-order chi connectivity index (χ0) is 18.9. The second kappa shape index (κ2) is 6.71. The van der Waals surface area contributed by atoms with Gasteiger partial charge in [-0.2, -0.15) is 0 Å². The minimum atomic E-state index is -0.512. The summed E-state index contributed by atoms with van der Waals surface area (Å²) in [6.07, 6.45) is 1.48. The minimum Gasteiger partial charge on any atom is -0.507 e. The van der Waals surface area contributed by atoms with E-state index >= 15 is 0 Å². The predicted octanol–water partition coefficient (Wildman–Crippen LogP) is 2.41. The molecule has 0 spiro atoms. The van der Waals surface area contributed by atoms with Gasteiger partial charge in [-0.25, -0.2) is 0 Å². The highest BCUT2D eigenvalue weighted by Crippen LogP contribution is 2.36. The second-order valence-electron chi connectivity index (χ2n) is 6.86. The first-order valence-corrected chi connectivity index (χ1v) is 8.51. The first-order chi connectivity index (χ1) is 12.3. The van der Waals surface area contributed by atoms with Gasteiger partial charge in [-0.15, -0.1) is 0 Å². The Morgan fingerprint density at radius 3 is 1.92 bits per heavy atom.